The van der Waals surface area contributed by atoms with Crippen LogP contribution in [0.3, 0.4) is 0 Å². The van der Waals surface area contributed by atoms with Gasteiger partial charge in [0.05, 0.1) is 7.11 Å². The molecule has 0 amide bonds. The Bertz CT molecular complexity index is 435. The maximum Gasteiger partial charge on any atom is 0.123 e. The summed E-state index contributed by atoms with van der Waals surface area (Å²) in [6.07, 6.45) is 4.01. The molecule has 98 valence electrons. The summed E-state index contributed by atoms with van der Waals surface area (Å²) in [6.45, 7) is 1.27. The summed E-state index contributed by atoms with van der Waals surface area (Å²) in [5.74, 6) is 2.98. The van der Waals surface area contributed by atoms with Gasteiger partial charge in [0.1, 0.15) is 5.75 Å². The van der Waals surface area contributed by atoms with Crippen LogP contribution in [-0.4, -0.2) is 37.4 Å². The molecule has 0 aromatic heterocycles. The second-order valence-corrected chi connectivity index (χ2v) is 6.45. The molecular formula is C15H21NOS. The van der Waals surface area contributed by atoms with E-state index in [0.29, 0.717) is 5.92 Å². The number of hydrogen-bond donors (Lipinski definition) is 0. The average molecular weight is 263 g/mol. The van der Waals surface area contributed by atoms with Crippen molar-refractivity contribution in [2.24, 2.45) is 0 Å². The third-order valence-corrected chi connectivity index (χ3v) is 5.56. The molecule has 0 N–H and O–H groups in total. The average Bonchev–Trinajstić information content (AvgIpc) is 2.97. The van der Waals surface area contributed by atoms with Crippen molar-refractivity contribution in [1.82, 2.24) is 4.90 Å². The Kier molecular flexibility index (Phi) is 3.53. The molecule has 0 radical (unpaired) electrons. The lowest BCUT2D eigenvalue weighted by atomic mass is 9.92. The number of hydrogen-bond acceptors (Lipinski definition) is 3. The predicted molar refractivity (Wildman–Crippen MR) is 76.7 cm³/mol. The number of thioether (sulfide) groups is 1. The van der Waals surface area contributed by atoms with Crippen molar-refractivity contribution in [2.45, 2.75) is 36.1 Å². The number of ether oxygens (including phenoxy) is 1. The van der Waals surface area contributed by atoms with Gasteiger partial charge in [0.25, 0.3) is 0 Å². The van der Waals surface area contributed by atoms with Gasteiger partial charge in [0.2, 0.25) is 0 Å². The first-order valence-corrected chi connectivity index (χ1v) is 7.78. The van der Waals surface area contributed by atoms with Gasteiger partial charge in [-0.05, 0) is 50.9 Å². The van der Waals surface area contributed by atoms with Crippen molar-refractivity contribution in [3.05, 3.63) is 23.8 Å². The highest BCUT2D eigenvalue weighted by Gasteiger charge is 2.31. The molecule has 1 fully saturated rings. The van der Waals surface area contributed by atoms with Crippen molar-refractivity contribution in [1.29, 1.82) is 0 Å². The Morgan fingerprint density at radius 1 is 1.44 bits per heavy atom. The molecule has 3 rings (SSSR count). The van der Waals surface area contributed by atoms with Gasteiger partial charge >= 0.3 is 0 Å². The van der Waals surface area contributed by atoms with E-state index in [4.69, 9.17) is 4.74 Å². The molecule has 0 aliphatic carbocycles. The lowest BCUT2D eigenvalue weighted by Crippen LogP contribution is -2.26. The Hall–Kier alpha value is -0.670. The summed E-state index contributed by atoms with van der Waals surface area (Å²) >= 11 is 1.99. The molecule has 2 nitrogen and oxygen atoms in total. The van der Waals surface area contributed by atoms with Gasteiger partial charge in [0, 0.05) is 22.3 Å². The zero-order valence-corrected chi connectivity index (χ0v) is 12.0. The summed E-state index contributed by atoms with van der Waals surface area (Å²) in [6, 6.07) is 7.22. The third-order valence-electron chi connectivity index (χ3n) is 4.32. The Morgan fingerprint density at radius 3 is 3.06 bits per heavy atom. The molecule has 0 saturated carbocycles. The van der Waals surface area contributed by atoms with Crippen LogP contribution in [0.15, 0.2) is 23.1 Å². The van der Waals surface area contributed by atoms with E-state index in [0.717, 1.165) is 11.8 Å². The number of fused-ring (bicyclic) bond motifs is 1. The maximum atomic E-state index is 5.55. The fourth-order valence-electron chi connectivity index (χ4n) is 3.30. The minimum atomic E-state index is 0.673. The lowest BCUT2D eigenvalue weighted by Gasteiger charge is -2.23. The van der Waals surface area contributed by atoms with Crippen LogP contribution in [0.5, 0.6) is 5.75 Å². The molecule has 2 heterocycles. The highest BCUT2D eigenvalue weighted by atomic mass is 32.2. The van der Waals surface area contributed by atoms with E-state index < -0.39 is 0 Å². The van der Waals surface area contributed by atoms with Gasteiger partial charge in [-0.25, -0.2) is 0 Å². The quantitative estimate of drug-likeness (QED) is 0.829. The van der Waals surface area contributed by atoms with E-state index in [1.54, 1.807) is 7.11 Å². The number of likely N-dealkylation sites (tertiary alicyclic amines) is 1. The first-order valence-electron chi connectivity index (χ1n) is 6.79. The minimum Gasteiger partial charge on any atom is -0.496 e. The molecule has 3 heteroatoms. The van der Waals surface area contributed by atoms with Gasteiger partial charge < -0.3 is 9.64 Å². The molecule has 1 saturated heterocycles. The fraction of sp³-hybridized carbons (Fsp3) is 0.600. The normalized spacial score (nSPS) is 27.4. The molecule has 0 unspecified atom stereocenters. The van der Waals surface area contributed by atoms with Crippen molar-refractivity contribution >= 4 is 11.8 Å². The molecule has 0 bridgehead atoms. The van der Waals surface area contributed by atoms with Crippen molar-refractivity contribution in [3.8, 4) is 5.75 Å². The summed E-state index contributed by atoms with van der Waals surface area (Å²) < 4.78 is 5.55. The predicted octanol–water partition coefficient (Wildman–Crippen LogP) is 3.37. The summed E-state index contributed by atoms with van der Waals surface area (Å²) in [5, 5.41) is 0. The lowest BCUT2D eigenvalue weighted by molar-refractivity contribution is 0.284. The second-order valence-electron chi connectivity index (χ2n) is 5.39. The van der Waals surface area contributed by atoms with Crippen molar-refractivity contribution in [3.63, 3.8) is 0 Å². The Balaban J connectivity index is 1.81. The maximum absolute atomic E-state index is 5.55. The SMILES string of the molecule is COc1cccc2c1[C@@H](C[C@H]1CCCN1C)CS2. The van der Waals surface area contributed by atoms with Crippen LogP contribution in [0.4, 0.5) is 0 Å². The first-order chi connectivity index (χ1) is 8.79. The summed E-state index contributed by atoms with van der Waals surface area (Å²) in [5.41, 5.74) is 1.46. The minimum absolute atomic E-state index is 0.673. The van der Waals surface area contributed by atoms with E-state index in [1.807, 2.05) is 11.8 Å². The highest BCUT2D eigenvalue weighted by molar-refractivity contribution is 7.99. The standard InChI is InChI=1S/C15H21NOS/c1-16-8-4-5-12(16)9-11-10-18-14-7-3-6-13(17-2)15(11)14/h3,6-7,11-12H,4-5,8-10H2,1-2H3/t11-,12+/m0/s1. The molecular weight excluding hydrogens is 242 g/mol. The highest BCUT2D eigenvalue weighted by Crippen LogP contribution is 2.47. The molecule has 2 atom stereocenters. The van der Waals surface area contributed by atoms with E-state index in [1.165, 1.54) is 42.0 Å². The van der Waals surface area contributed by atoms with Gasteiger partial charge in [-0.15, -0.1) is 11.8 Å². The Labute approximate surface area is 114 Å². The number of nitrogens with zero attached hydrogens (tertiary/aromatic N) is 1. The number of benzene rings is 1. The number of rotatable bonds is 3. The largest absolute Gasteiger partial charge is 0.496 e. The zero-order chi connectivity index (χ0) is 12.5. The smallest absolute Gasteiger partial charge is 0.123 e. The van der Waals surface area contributed by atoms with E-state index in [-0.39, 0.29) is 0 Å². The summed E-state index contributed by atoms with van der Waals surface area (Å²) in [4.78, 5) is 3.96. The molecule has 2 aliphatic heterocycles. The van der Waals surface area contributed by atoms with E-state index in [9.17, 15) is 0 Å². The third kappa shape index (κ3) is 2.14. The molecule has 2 aliphatic rings. The Morgan fingerprint density at radius 2 is 2.33 bits per heavy atom. The molecule has 0 spiro atoms. The fourth-order valence-corrected chi connectivity index (χ4v) is 4.58. The molecule has 1 aromatic carbocycles. The van der Waals surface area contributed by atoms with Crippen LogP contribution < -0.4 is 4.74 Å². The second kappa shape index (κ2) is 5.14. The number of methoxy groups -OCH3 is 1. The van der Waals surface area contributed by atoms with Crippen molar-refractivity contribution in [2.75, 3.05) is 26.5 Å². The first kappa shape index (κ1) is 12.4. The van der Waals surface area contributed by atoms with Crippen LogP contribution in [0.1, 0.15) is 30.7 Å². The molecule has 1 aromatic rings. The van der Waals surface area contributed by atoms with E-state index >= 15 is 0 Å². The van der Waals surface area contributed by atoms with Crippen molar-refractivity contribution < 1.29 is 4.74 Å². The van der Waals surface area contributed by atoms with Crippen LogP contribution >= 0.6 is 11.8 Å². The summed E-state index contributed by atoms with van der Waals surface area (Å²) in [7, 11) is 4.06. The van der Waals surface area contributed by atoms with Gasteiger partial charge in [0.15, 0.2) is 0 Å². The van der Waals surface area contributed by atoms with Gasteiger partial charge in [-0.3, -0.25) is 0 Å². The van der Waals surface area contributed by atoms with Crippen LogP contribution in [0, 0.1) is 0 Å². The zero-order valence-electron chi connectivity index (χ0n) is 11.2. The van der Waals surface area contributed by atoms with Crippen LogP contribution in [0.25, 0.3) is 0 Å². The van der Waals surface area contributed by atoms with Gasteiger partial charge in [-0.2, -0.15) is 0 Å². The molecule has 18 heavy (non-hydrogen) atoms. The van der Waals surface area contributed by atoms with Gasteiger partial charge in [-0.1, -0.05) is 6.07 Å². The van der Waals surface area contributed by atoms with Crippen LogP contribution in [0.2, 0.25) is 0 Å². The topological polar surface area (TPSA) is 12.5 Å². The monoisotopic (exact) mass is 263 g/mol. The van der Waals surface area contributed by atoms with Crippen LogP contribution in [-0.2, 0) is 0 Å². The van der Waals surface area contributed by atoms with E-state index in [2.05, 4.69) is 30.1 Å².